The standard InChI is InChI=1S/C15H17ClFN3OS/c16-12-4-3-10(8-13(12)17)14(21)9-20-15(18)19-6-5-11-2-1-7-22-11/h1-4,7-8,14,21H,5-6,9H2,(H3,18,19,20). The molecule has 4 nitrogen and oxygen atoms in total. The molecule has 1 heterocycles. The van der Waals surface area contributed by atoms with Gasteiger partial charge in [-0.3, -0.25) is 4.99 Å². The molecule has 0 spiro atoms. The van der Waals surface area contributed by atoms with E-state index in [1.54, 1.807) is 17.4 Å². The Kier molecular flexibility index (Phi) is 6.18. The summed E-state index contributed by atoms with van der Waals surface area (Å²) in [5.74, 6) is -0.311. The Labute approximate surface area is 137 Å². The lowest BCUT2D eigenvalue weighted by Gasteiger charge is -2.10. The van der Waals surface area contributed by atoms with Crippen molar-refractivity contribution in [2.45, 2.75) is 12.5 Å². The van der Waals surface area contributed by atoms with Gasteiger partial charge in [-0.25, -0.2) is 4.39 Å². The minimum Gasteiger partial charge on any atom is -0.386 e. The van der Waals surface area contributed by atoms with Crippen molar-refractivity contribution in [1.82, 2.24) is 5.32 Å². The Balaban J connectivity index is 1.80. The minimum atomic E-state index is -0.926. The SMILES string of the molecule is NC(=NCC(O)c1ccc(Cl)c(F)c1)NCCc1cccs1. The number of aliphatic hydroxyl groups is 1. The molecule has 0 saturated heterocycles. The van der Waals surface area contributed by atoms with Crippen molar-refractivity contribution in [3.8, 4) is 0 Å². The van der Waals surface area contributed by atoms with E-state index in [2.05, 4.69) is 16.4 Å². The Bertz CT molecular complexity index is 634. The highest BCUT2D eigenvalue weighted by Crippen LogP contribution is 2.20. The summed E-state index contributed by atoms with van der Waals surface area (Å²) in [7, 11) is 0. The summed E-state index contributed by atoms with van der Waals surface area (Å²) < 4.78 is 13.3. The summed E-state index contributed by atoms with van der Waals surface area (Å²) in [6, 6.07) is 8.22. The van der Waals surface area contributed by atoms with Crippen molar-refractivity contribution >= 4 is 28.9 Å². The number of nitrogens with one attached hydrogen (secondary N) is 1. The summed E-state index contributed by atoms with van der Waals surface area (Å²) in [4.78, 5) is 5.31. The van der Waals surface area contributed by atoms with Gasteiger partial charge in [0.2, 0.25) is 0 Å². The highest BCUT2D eigenvalue weighted by molar-refractivity contribution is 7.09. The minimum absolute atomic E-state index is 0.0224. The van der Waals surface area contributed by atoms with Crippen LogP contribution in [0.25, 0.3) is 0 Å². The lowest BCUT2D eigenvalue weighted by atomic mass is 10.1. The van der Waals surface area contributed by atoms with Crippen molar-refractivity contribution in [3.63, 3.8) is 0 Å². The molecule has 4 N–H and O–H groups in total. The molecular formula is C15H17ClFN3OS. The van der Waals surface area contributed by atoms with Crippen LogP contribution in [0.4, 0.5) is 4.39 Å². The van der Waals surface area contributed by atoms with E-state index in [1.165, 1.54) is 17.0 Å². The molecular weight excluding hydrogens is 325 g/mol. The number of benzene rings is 1. The van der Waals surface area contributed by atoms with Crippen LogP contribution in [0.3, 0.4) is 0 Å². The number of aliphatic hydroxyl groups excluding tert-OH is 1. The van der Waals surface area contributed by atoms with Crippen LogP contribution in [0.5, 0.6) is 0 Å². The molecule has 1 aromatic heterocycles. The molecule has 7 heteroatoms. The monoisotopic (exact) mass is 341 g/mol. The fourth-order valence-corrected chi connectivity index (χ4v) is 2.66. The molecule has 0 bridgehead atoms. The van der Waals surface area contributed by atoms with E-state index in [9.17, 15) is 9.50 Å². The van der Waals surface area contributed by atoms with Gasteiger partial charge in [-0.2, -0.15) is 0 Å². The maximum absolute atomic E-state index is 13.3. The van der Waals surface area contributed by atoms with Crippen LogP contribution in [-0.2, 0) is 6.42 Å². The number of hydrogen-bond acceptors (Lipinski definition) is 3. The topological polar surface area (TPSA) is 70.6 Å². The highest BCUT2D eigenvalue weighted by Gasteiger charge is 2.09. The first-order valence-electron chi connectivity index (χ1n) is 6.75. The van der Waals surface area contributed by atoms with E-state index < -0.39 is 11.9 Å². The Morgan fingerprint density at radius 2 is 2.27 bits per heavy atom. The fraction of sp³-hybridized carbons (Fsp3) is 0.267. The molecule has 0 aliphatic heterocycles. The molecule has 2 aromatic rings. The normalized spacial score (nSPS) is 13.1. The van der Waals surface area contributed by atoms with Gasteiger partial charge >= 0.3 is 0 Å². The number of nitrogens with two attached hydrogens (primary N) is 1. The van der Waals surface area contributed by atoms with E-state index in [0.717, 1.165) is 6.42 Å². The van der Waals surface area contributed by atoms with Gasteiger partial charge < -0.3 is 16.2 Å². The summed E-state index contributed by atoms with van der Waals surface area (Å²) in [6.45, 7) is 0.723. The van der Waals surface area contributed by atoms with E-state index in [-0.39, 0.29) is 17.5 Å². The van der Waals surface area contributed by atoms with Gasteiger partial charge in [0, 0.05) is 11.4 Å². The summed E-state index contributed by atoms with van der Waals surface area (Å²) in [6.07, 6.45) is -0.0665. The van der Waals surface area contributed by atoms with Gasteiger partial charge in [0.05, 0.1) is 17.7 Å². The molecule has 0 saturated carbocycles. The van der Waals surface area contributed by atoms with Crippen LogP contribution in [0.1, 0.15) is 16.5 Å². The first kappa shape index (κ1) is 16.7. The number of thiophene rings is 1. The van der Waals surface area contributed by atoms with Crippen LogP contribution >= 0.6 is 22.9 Å². The lowest BCUT2D eigenvalue weighted by molar-refractivity contribution is 0.186. The van der Waals surface area contributed by atoms with Gasteiger partial charge in [-0.1, -0.05) is 23.7 Å². The number of nitrogens with zero attached hydrogens (tertiary/aromatic N) is 1. The number of hydrogen-bond donors (Lipinski definition) is 3. The molecule has 0 amide bonds. The van der Waals surface area contributed by atoms with Gasteiger partial charge in [-0.05, 0) is 35.6 Å². The largest absolute Gasteiger partial charge is 0.386 e. The molecule has 118 valence electrons. The predicted molar refractivity (Wildman–Crippen MR) is 88.9 cm³/mol. The Morgan fingerprint density at radius 3 is 2.95 bits per heavy atom. The number of guanidine groups is 1. The lowest BCUT2D eigenvalue weighted by Crippen LogP contribution is -2.33. The molecule has 0 radical (unpaired) electrons. The fourth-order valence-electron chi connectivity index (χ4n) is 1.83. The third kappa shape index (κ3) is 4.98. The van der Waals surface area contributed by atoms with Crippen LogP contribution in [-0.4, -0.2) is 24.2 Å². The first-order valence-corrected chi connectivity index (χ1v) is 8.01. The van der Waals surface area contributed by atoms with Crippen LogP contribution in [0.2, 0.25) is 5.02 Å². The zero-order valence-corrected chi connectivity index (χ0v) is 13.4. The second-order valence-electron chi connectivity index (χ2n) is 4.67. The van der Waals surface area contributed by atoms with E-state index >= 15 is 0 Å². The second-order valence-corrected chi connectivity index (χ2v) is 6.11. The van der Waals surface area contributed by atoms with Crippen LogP contribution in [0, 0.1) is 5.82 Å². The van der Waals surface area contributed by atoms with Crippen molar-refractivity contribution in [2.75, 3.05) is 13.1 Å². The molecule has 0 aliphatic carbocycles. The zero-order chi connectivity index (χ0) is 15.9. The third-order valence-corrected chi connectivity index (χ3v) is 4.26. The third-order valence-electron chi connectivity index (χ3n) is 3.02. The molecule has 22 heavy (non-hydrogen) atoms. The first-order chi connectivity index (χ1) is 10.6. The second kappa shape index (κ2) is 8.12. The Hall–Kier alpha value is -1.63. The number of halogens is 2. The van der Waals surface area contributed by atoms with Crippen molar-refractivity contribution in [3.05, 3.63) is 57.0 Å². The summed E-state index contributed by atoms with van der Waals surface area (Å²) in [5, 5.41) is 15.0. The maximum Gasteiger partial charge on any atom is 0.188 e. The molecule has 2 rings (SSSR count). The smallest absolute Gasteiger partial charge is 0.188 e. The van der Waals surface area contributed by atoms with E-state index in [1.807, 2.05) is 11.4 Å². The maximum atomic E-state index is 13.3. The van der Waals surface area contributed by atoms with Gasteiger partial charge in [-0.15, -0.1) is 11.3 Å². The molecule has 1 atom stereocenters. The van der Waals surface area contributed by atoms with Crippen LogP contribution in [0.15, 0.2) is 40.7 Å². The van der Waals surface area contributed by atoms with E-state index in [0.29, 0.717) is 12.1 Å². The molecule has 1 unspecified atom stereocenters. The van der Waals surface area contributed by atoms with Crippen molar-refractivity contribution < 1.29 is 9.50 Å². The predicted octanol–water partition coefficient (Wildman–Crippen LogP) is 2.72. The van der Waals surface area contributed by atoms with Crippen molar-refractivity contribution in [2.24, 2.45) is 10.7 Å². The molecule has 0 aliphatic rings. The van der Waals surface area contributed by atoms with Gasteiger partial charge in [0.15, 0.2) is 5.96 Å². The Morgan fingerprint density at radius 1 is 1.45 bits per heavy atom. The summed E-state index contributed by atoms with van der Waals surface area (Å²) in [5.41, 5.74) is 6.14. The van der Waals surface area contributed by atoms with Gasteiger partial charge in [0.1, 0.15) is 5.82 Å². The molecule has 1 aromatic carbocycles. The van der Waals surface area contributed by atoms with E-state index in [4.69, 9.17) is 17.3 Å². The van der Waals surface area contributed by atoms with Crippen LogP contribution < -0.4 is 11.1 Å². The average molecular weight is 342 g/mol. The average Bonchev–Trinajstić information content (AvgIpc) is 3.01. The quantitative estimate of drug-likeness (QED) is 0.559. The highest BCUT2D eigenvalue weighted by atomic mass is 35.5. The number of aliphatic imine (C=N–C) groups is 1. The zero-order valence-electron chi connectivity index (χ0n) is 11.8. The van der Waals surface area contributed by atoms with Gasteiger partial charge in [0.25, 0.3) is 0 Å². The van der Waals surface area contributed by atoms with Crippen molar-refractivity contribution in [1.29, 1.82) is 0 Å². The number of rotatable bonds is 6. The summed E-state index contributed by atoms with van der Waals surface area (Å²) >= 11 is 7.28. The molecule has 0 fully saturated rings.